The number of anilines is 2. The lowest BCUT2D eigenvalue weighted by Gasteiger charge is -2.30. The average molecular weight is 220 g/mol. The third-order valence-electron chi connectivity index (χ3n) is 2.65. The summed E-state index contributed by atoms with van der Waals surface area (Å²) in [7, 11) is 1.62. The van der Waals surface area contributed by atoms with E-state index in [0.29, 0.717) is 6.54 Å². The fraction of sp³-hybridized carbons (Fsp3) is 0.417. The molecule has 0 radical (unpaired) electrons. The first kappa shape index (κ1) is 10.8. The van der Waals surface area contributed by atoms with E-state index in [-0.39, 0.29) is 5.91 Å². The molecule has 1 N–H and O–H groups in total. The number of amides is 1. The Morgan fingerprint density at radius 1 is 1.50 bits per heavy atom. The SMILES string of the molecule is CCCN1CC(=O)Nc2cc(OC)ccc21. The van der Waals surface area contributed by atoms with Crippen molar-refractivity contribution >= 4 is 17.3 Å². The van der Waals surface area contributed by atoms with Gasteiger partial charge in [-0.15, -0.1) is 0 Å². The van der Waals surface area contributed by atoms with Crippen LogP contribution < -0.4 is 15.0 Å². The minimum absolute atomic E-state index is 0.0363. The molecule has 0 fully saturated rings. The summed E-state index contributed by atoms with van der Waals surface area (Å²) in [6, 6.07) is 5.76. The first-order chi connectivity index (χ1) is 7.74. The van der Waals surface area contributed by atoms with Crippen LogP contribution in [0.2, 0.25) is 0 Å². The molecule has 2 rings (SSSR count). The second-order valence-corrected chi connectivity index (χ2v) is 3.85. The molecule has 1 amide bonds. The van der Waals surface area contributed by atoms with E-state index in [1.807, 2.05) is 18.2 Å². The summed E-state index contributed by atoms with van der Waals surface area (Å²) in [6.45, 7) is 3.44. The summed E-state index contributed by atoms with van der Waals surface area (Å²) >= 11 is 0. The van der Waals surface area contributed by atoms with Crippen molar-refractivity contribution in [1.29, 1.82) is 0 Å². The third-order valence-corrected chi connectivity index (χ3v) is 2.65. The van der Waals surface area contributed by atoms with Crippen molar-refractivity contribution in [2.75, 3.05) is 30.4 Å². The smallest absolute Gasteiger partial charge is 0.243 e. The molecule has 1 aromatic carbocycles. The van der Waals surface area contributed by atoms with Gasteiger partial charge in [0.25, 0.3) is 0 Å². The van der Waals surface area contributed by atoms with Gasteiger partial charge in [-0.25, -0.2) is 0 Å². The summed E-state index contributed by atoms with van der Waals surface area (Å²) in [5, 5.41) is 2.86. The third kappa shape index (κ3) is 1.96. The molecule has 4 nitrogen and oxygen atoms in total. The molecular formula is C12H16N2O2. The van der Waals surface area contributed by atoms with Crippen LogP contribution in [0.4, 0.5) is 11.4 Å². The van der Waals surface area contributed by atoms with Crippen LogP contribution in [0.1, 0.15) is 13.3 Å². The Kier molecular flexibility index (Phi) is 2.99. The number of rotatable bonds is 3. The molecule has 1 aliphatic rings. The largest absolute Gasteiger partial charge is 0.497 e. The second-order valence-electron chi connectivity index (χ2n) is 3.85. The van der Waals surface area contributed by atoms with Gasteiger partial charge >= 0.3 is 0 Å². The molecule has 1 aromatic rings. The van der Waals surface area contributed by atoms with Gasteiger partial charge in [0, 0.05) is 12.6 Å². The van der Waals surface area contributed by atoms with E-state index < -0.39 is 0 Å². The van der Waals surface area contributed by atoms with Gasteiger partial charge in [-0.2, -0.15) is 0 Å². The van der Waals surface area contributed by atoms with E-state index in [4.69, 9.17) is 4.74 Å². The van der Waals surface area contributed by atoms with Crippen molar-refractivity contribution in [3.63, 3.8) is 0 Å². The maximum Gasteiger partial charge on any atom is 0.243 e. The summed E-state index contributed by atoms with van der Waals surface area (Å²) in [5.74, 6) is 0.798. The van der Waals surface area contributed by atoms with Gasteiger partial charge in [-0.3, -0.25) is 4.79 Å². The zero-order valence-corrected chi connectivity index (χ0v) is 9.62. The lowest BCUT2D eigenvalue weighted by atomic mass is 10.1. The van der Waals surface area contributed by atoms with E-state index in [2.05, 4.69) is 17.1 Å². The van der Waals surface area contributed by atoms with Crippen molar-refractivity contribution in [3.8, 4) is 5.75 Å². The molecule has 1 heterocycles. The fourth-order valence-electron chi connectivity index (χ4n) is 1.94. The number of nitrogens with zero attached hydrogens (tertiary/aromatic N) is 1. The number of methoxy groups -OCH3 is 1. The highest BCUT2D eigenvalue weighted by Crippen LogP contribution is 2.32. The Balaban J connectivity index is 2.35. The molecule has 0 aliphatic carbocycles. The standard InChI is InChI=1S/C12H16N2O2/c1-3-6-14-8-12(15)13-10-7-9(16-2)4-5-11(10)14/h4-5,7H,3,6,8H2,1-2H3,(H,13,15). The number of hydrogen-bond donors (Lipinski definition) is 1. The molecule has 0 aromatic heterocycles. The minimum atomic E-state index is 0.0363. The molecular weight excluding hydrogens is 204 g/mol. The Hall–Kier alpha value is -1.71. The Labute approximate surface area is 95.2 Å². The zero-order chi connectivity index (χ0) is 11.5. The average Bonchev–Trinajstić information content (AvgIpc) is 2.28. The van der Waals surface area contributed by atoms with Gasteiger partial charge in [0.1, 0.15) is 5.75 Å². The number of hydrogen-bond acceptors (Lipinski definition) is 3. The number of nitrogens with one attached hydrogen (secondary N) is 1. The normalized spacial score (nSPS) is 14.4. The Bertz CT molecular complexity index is 404. The fourth-order valence-corrected chi connectivity index (χ4v) is 1.94. The topological polar surface area (TPSA) is 41.6 Å². The Morgan fingerprint density at radius 3 is 3.00 bits per heavy atom. The molecule has 0 unspecified atom stereocenters. The van der Waals surface area contributed by atoms with Gasteiger partial charge in [0.15, 0.2) is 0 Å². The van der Waals surface area contributed by atoms with Crippen LogP contribution in [0.5, 0.6) is 5.75 Å². The van der Waals surface area contributed by atoms with Crippen LogP contribution in [0.15, 0.2) is 18.2 Å². The van der Waals surface area contributed by atoms with Gasteiger partial charge in [0.05, 0.1) is 25.0 Å². The lowest BCUT2D eigenvalue weighted by molar-refractivity contribution is -0.115. The lowest BCUT2D eigenvalue weighted by Crippen LogP contribution is -2.38. The molecule has 0 saturated heterocycles. The molecule has 0 spiro atoms. The summed E-state index contributed by atoms with van der Waals surface area (Å²) < 4.78 is 5.14. The first-order valence-corrected chi connectivity index (χ1v) is 5.47. The monoisotopic (exact) mass is 220 g/mol. The number of carbonyl (C=O) groups excluding carboxylic acids is 1. The molecule has 1 aliphatic heterocycles. The van der Waals surface area contributed by atoms with Crippen LogP contribution in [-0.4, -0.2) is 26.1 Å². The van der Waals surface area contributed by atoms with Crippen molar-refractivity contribution in [3.05, 3.63) is 18.2 Å². The first-order valence-electron chi connectivity index (χ1n) is 5.47. The molecule has 0 atom stereocenters. The maximum absolute atomic E-state index is 11.5. The minimum Gasteiger partial charge on any atom is -0.497 e. The van der Waals surface area contributed by atoms with E-state index in [0.717, 1.165) is 30.1 Å². The molecule has 0 saturated carbocycles. The molecule has 0 bridgehead atoms. The van der Waals surface area contributed by atoms with Gasteiger partial charge in [0.2, 0.25) is 5.91 Å². The van der Waals surface area contributed by atoms with Gasteiger partial charge < -0.3 is 15.0 Å². The van der Waals surface area contributed by atoms with Crippen molar-refractivity contribution in [1.82, 2.24) is 0 Å². The zero-order valence-electron chi connectivity index (χ0n) is 9.62. The summed E-state index contributed by atoms with van der Waals surface area (Å²) in [5.41, 5.74) is 1.91. The highest BCUT2D eigenvalue weighted by Gasteiger charge is 2.21. The quantitative estimate of drug-likeness (QED) is 0.845. The summed E-state index contributed by atoms with van der Waals surface area (Å²) in [4.78, 5) is 13.6. The van der Waals surface area contributed by atoms with Crippen molar-refractivity contribution in [2.45, 2.75) is 13.3 Å². The van der Waals surface area contributed by atoms with Crippen LogP contribution >= 0.6 is 0 Å². The van der Waals surface area contributed by atoms with E-state index in [9.17, 15) is 4.79 Å². The van der Waals surface area contributed by atoms with Gasteiger partial charge in [-0.05, 0) is 18.6 Å². The van der Waals surface area contributed by atoms with Crippen LogP contribution in [0, 0.1) is 0 Å². The molecule has 4 heteroatoms. The number of ether oxygens (including phenoxy) is 1. The maximum atomic E-state index is 11.5. The molecule has 16 heavy (non-hydrogen) atoms. The molecule has 86 valence electrons. The highest BCUT2D eigenvalue weighted by molar-refractivity contribution is 6.01. The Morgan fingerprint density at radius 2 is 2.31 bits per heavy atom. The van der Waals surface area contributed by atoms with E-state index in [1.54, 1.807) is 7.11 Å². The number of benzene rings is 1. The predicted octanol–water partition coefficient (Wildman–Crippen LogP) is 1.86. The predicted molar refractivity (Wildman–Crippen MR) is 64.1 cm³/mol. The van der Waals surface area contributed by atoms with Gasteiger partial charge in [-0.1, -0.05) is 6.92 Å². The second kappa shape index (κ2) is 4.43. The van der Waals surface area contributed by atoms with Crippen LogP contribution in [0.3, 0.4) is 0 Å². The number of carbonyl (C=O) groups is 1. The number of fused-ring (bicyclic) bond motifs is 1. The van der Waals surface area contributed by atoms with Crippen LogP contribution in [0.25, 0.3) is 0 Å². The van der Waals surface area contributed by atoms with Crippen molar-refractivity contribution in [2.24, 2.45) is 0 Å². The van der Waals surface area contributed by atoms with E-state index >= 15 is 0 Å². The van der Waals surface area contributed by atoms with Crippen LogP contribution in [-0.2, 0) is 4.79 Å². The summed E-state index contributed by atoms with van der Waals surface area (Å²) in [6.07, 6.45) is 1.03. The van der Waals surface area contributed by atoms with Crippen molar-refractivity contribution < 1.29 is 9.53 Å². The van der Waals surface area contributed by atoms with E-state index in [1.165, 1.54) is 0 Å². The highest BCUT2D eigenvalue weighted by atomic mass is 16.5.